The molecular formula is C16H17ClN4O3S. The number of halogens is 1. The van der Waals surface area contributed by atoms with Gasteiger partial charge in [0.15, 0.2) is 0 Å². The fourth-order valence-corrected chi connectivity index (χ4v) is 3.80. The van der Waals surface area contributed by atoms with E-state index in [1.54, 1.807) is 28.4 Å². The lowest BCUT2D eigenvalue weighted by Crippen LogP contribution is -2.49. The third-order valence-corrected chi connectivity index (χ3v) is 5.19. The number of hydrogen-bond acceptors (Lipinski definition) is 5. The Labute approximate surface area is 153 Å². The maximum absolute atomic E-state index is 12.3. The van der Waals surface area contributed by atoms with Crippen LogP contribution in [0, 0.1) is 10.1 Å². The van der Waals surface area contributed by atoms with Crippen LogP contribution in [0.15, 0.2) is 36.4 Å². The molecule has 1 aliphatic rings. The Hall–Kier alpha value is -2.16. The molecule has 0 unspecified atom stereocenters. The minimum Gasteiger partial charge on any atom is -0.322 e. The fourth-order valence-electron chi connectivity index (χ4n) is 2.67. The number of non-ortho nitro benzene ring substituents is 1. The van der Waals surface area contributed by atoms with E-state index in [2.05, 4.69) is 10.2 Å². The monoisotopic (exact) mass is 380 g/mol. The molecular weight excluding hydrogens is 364 g/mol. The number of urea groups is 1. The molecule has 3 rings (SSSR count). The molecule has 2 aromatic rings. The van der Waals surface area contributed by atoms with Crippen molar-refractivity contribution in [3.63, 3.8) is 0 Å². The number of carbonyl (C=O) groups is 1. The topological polar surface area (TPSA) is 78.7 Å². The van der Waals surface area contributed by atoms with Crippen LogP contribution in [0.5, 0.6) is 0 Å². The number of hydrogen-bond donors (Lipinski definition) is 1. The lowest BCUT2D eigenvalue weighted by Gasteiger charge is -2.34. The molecule has 0 spiro atoms. The summed E-state index contributed by atoms with van der Waals surface area (Å²) in [5, 5.41) is 13.5. The van der Waals surface area contributed by atoms with Gasteiger partial charge >= 0.3 is 6.03 Å². The smallest absolute Gasteiger partial charge is 0.321 e. The summed E-state index contributed by atoms with van der Waals surface area (Å²) in [7, 11) is 0. The number of nitro groups is 1. The summed E-state index contributed by atoms with van der Waals surface area (Å²) in [5.74, 6) is 0. The van der Waals surface area contributed by atoms with Crippen molar-refractivity contribution in [2.45, 2.75) is 6.54 Å². The third-order valence-electron chi connectivity index (χ3n) is 3.98. The molecule has 1 saturated heterocycles. The Kier molecular flexibility index (Phi) is 5.52. The van der Waals surface area contributed by atoms with E-state index in [1.165, 1.54) is 17.0 Å². The normalized spacial score (nSPS) is 15.2. The Morgan fingerprint density at radius 3 is 2.64 bits per heavy atom. The number of piperazine rings is 1. The average molecular weight is 381 g/mol. The quantitative estimate of drug-likeness (QED) is 0.648. The van der Waals surface area contributed by atoms with E-state index in [1.807, 2.05) is 12.1 Å². The van der Waals surface area contributed by atoms with Gasteiger partial charge in [0.2, 0.25) is 0 Å². The standard InChI is InChI=1S/C16H17ClN4O3S/c17-15-5-4-14(25-15)11-19-6-8-20(9-7-19)16(22)18-12-2-1-3-13(10-12)21(23)24/h1-5,10H,6-9,11H2,(H,18,22). The lowest BCUT2D eigenvalue weighted by atomic mass is 10.3. The van der Waals surface area contributed by atoms with Gasteiger partial charge in [-0.2, -0.15) is 0 Å². The molecule has 7 nitrogen and oxygen atoms in total. The van der Waals surface area contributed by atoms with Crippen LogP contribution in [-0.2, 0) is 6.54 Å². The summed E-state index contributed by atoms with van der Waals surface area (Å²) in [6.45, 7) is 3.60. The minimum absolute atomic E-state index is 0.0442. The van der Waals surface area contributed by atoms with E-state index in [9.17, 15) is 14.9 Å². The van der Waals surface area contributed by atoms with Gasteiger partial charge in [-0.3, -0.25) is 15.0 Å². The van der Waals surface area contributed by atoms with E-state index < -0.39 is 4.92 Å². The molecule has 1 aromatic carbocycles. The van der Waals surface area contributed by atoms with Gasteiger partial charge in [0, 0.05) is 55.4 Å². The van der Waals surface area contributed by atoms with Crippen LogP contribution in [0.3, 0.4) is 0 Å². The van der Waals surface area contributed by atoms with Crippen molar-refractivity contribution >= 4 is 40.3 Å². The van der Waals surface area contributed by atoms with Crippen LogP contribution in [0.4, 0.5) is 16.2 Å². The number of carbonyl (C=O) groups excluding carboxylic acids is 1. The molecule has 1 fully saturated rings. The SMILES string of the molecule is O=C(Nc1cccc([N+](=O)[O-])c1)N1CCN(Cc2ccc(Cl)s2)CC1. The van der Waals surface area contributed by atoms with Crippen LogP contribution in [0.1, 0.15) is 4.88 Å². The summed E-state index contributed by atoms with van der Waals surface area (Å²) in [6.07, 6.45) is 0. The number of nitrogens with zero attached hydrogens (tertiary/aromatic N) is 3. The fraction of sp³-hybridized carbons (Fsp3) is 0.312. The number of rotatable bonds is 4. The van der Waals surface area contributed by atoms with E-state index in [-0.39, 0.29) is 11.7 Å². The summed E-state index contributed by atoms with van der Waals surface area (Å²) < 4.78 is 0.782. The Morgan fingerprint density at radius 1 is 1.24 bits per heavy atom. The van der Waals surface area contributed by atoms with Gasteiger partial charge in [-0.1, -0.05) is 17.7 Å². The highest BCUT2D eigenvalue weighted by Gasteiger charge is 2.22. The third kappa shape index (κ3) is 4.68. The number of nitrogens with one attached hydrogen (secondary N) is 1. The number of anilines is 1. The van der Waals surface area contributed by atoms with Crippen LogP contribution < -0.4 is 5.32 Å². The van der Waals surface area contributed by atoms with E-state index in [0.717, 1.165) is 24.0 Å². The first-order valence-electron chi connectivity index (χ1n) is 7.78. The molecule has 0 radical (unpaired) electrons. The predicted octanol–water partition coefficient (Wildman–Crippen LogP) is 3.66. The van der Waals surface area contributed by atoms with Gasteiger partial charge < -0.3 is 10.2 Å². The highest BCUT2D eigenvalue weighted by atomic mass is 35.5. The zero-order chi connectivity index (χ0) is 17.8. The van der Waals surface area contributed by atoms with Crippen molar-refractivity contribution in [3.05, 3.63) is 55.7 Å². The molecule has 0 atom stereocenters. The van der Waals surface area contributed by atoms with Crippen LogP contribution in [0.2, 0.25) is 4.34 Å². The number of nitro benzene ring substituents is 1. The molecule has 9 heteroatoms. The first-order chi connectivity index (χ1) is 12.0. The van der Waals surface area contributed by atoms with Crippen molar-refractivity contribution in [2.24, 2.45) is 0 Å². The van der Waals surface area contributed by atoms with Crippen molar-refractivity contribution < 1.29 is 9.72 Å². The van der Waals surface area contributed by atoms with Crippen LogP contribution in [0.25, 0.3) is 0 Å². The summed E-state index contributed by atoms with van der Waals surface area (Å²) >= 11 is 7.52. The van der Waals surface area contributed by atoms with Crippen molar-refractivity contribution in [2.75, 3.05) is 31.5 Å². The molecule has 0 saturated carbocycles. The van der Waals surface area contributed by atoms with Crippen molar-refractivity contribution in [1.82, 2.24) is 9.80 Å². The van der Waals surface area contributed by atoms with Gasteiger partial charge in [0.25, 0.3) is 5.69 Å². The largest absolute Gasteiger partial charge is 0.322 e. The van der Waals surface area contributed by atoms with Gasteiger partial charge in [0.1, 0.15) is 0 Å². The van der Waals surface area contributed by atoms with E-state index in [0.29, 0.717) is 18.8 Å². The summed E-state index contributed by atoms with van der Waals surface area (Å²) in [6, 6.07) is 9.62. The molecule has 25 heavy (non-hydrogen) atoms. The van der Waals surface area contributed by atoms with Crippen molar-refractivity contribution in [1.29, 1.82) is 0 Å². The molecule has 132 valence electrons. The Balaban J connectivity index is 1.51. The Morgan fingerprint density at radius 2 is 2.00 bits per heavy atom. The first-order valence-corrected chi connectivity index (χ1v) is 8.97. The maximum Gasteiger partial charge on any atom is 0.321 e. The van der Waals surface area contributed by atoms with Crippen LogP contribution >= 0.6 is 22.9 Å². The molecule has 1 aliphatic heterocycles. The maximum atomic E-state index is 12.3. The van der Waals surface area contributed by atoms with E-state index >= 15 is 0 Å². The lowest BCUT2D eigenvalue weighted by molar-refractivity contribution is -0.384. The average Bonchev–Trinajstić information content (AvgIpc) is 3.00. The molecule has 2 amide bonds. The number of benzene rings is 1. The zero-order valence-corrected chi connectivity index (χ0v) is 14.9. The molecule has 2 heterocycles. The van der Waals surface area contributed by atoms with E-state index in [4.69, 9.17) is 11.6 Å². The molecule has 1 N–H and O–H groups in total. The highest BCUT2D eigenvalue weighted by molar-refractivity contribution is 7.16. The predicted molar refractivity (Wildman–Crippen MR) is 98.3 cm³/mol. The van der Waals surface area contributed by atoms with Gasteiger partial charge in [-0.25, -0.2) is 4.79 Å². The zero-order valence-electron chi connectivity index (χ0n) is 13.4. The first kappa shape index (κ1) is 17.7. The number of thiophene rings is 1. The second-order valence-corrected chi connectivity index (χ2v) is 7.51. The molecule has 1 aromatic heterocycles. The van der Waals surface area contributed by atoms with Gasteiger partial charge in [-0.15, -0.1) is 11.3 Å². The summed E-state index contributed by atoms with van der Waals surface area (Å²) in [4.78, 5) is 27.8. The van der Waals surface area contributed by atoms with Gasteiger partial charge in [0.05, 0.1) is 9.26 Å². The van der Waals surface area contributed by atoms with Crippen LogP contribution in [-0.4, -0.2) is 46.9 Å². The van der Waals surface area contributed by atoms with Crippen molar-refractivity contribution in [3.8, 4) is 0 Å². The minimum atomic E-state index is -0.481. The Bertz CT molecular complexity index is 774. The van der Waals surface area contributed by atoms with Gasteiger partial charge in [-0.05, 0) is 18.2 Å². The second-order valence-electron chi connectivity index (χ2n) is 5.71. The molecule has 0 aliphatic carbocycles. The molecule has 0 bridgehead atoms. The second kappa shape index (κ2) is 7.81. The highest BCUT2D eigenvalue weighted by Crippen LogP contribution is 2.23. The summed E-state index contributed by atoms with van der Waals surface area (Å²) in [5.41, 5.74) is 0.382. The number of amides is 2.